The third-order valence-corrected chi connectivity index (χ3v) is 5.10. The van der Waals surface area contributed by atoms with E-state index >= 15 is 0 Å². The first kappa shape index (κ1) is 16.5. The second-order valence-corrected chi connectivity index (χ2v) is 6.45. The quantitative estimate of drug-likeness (QED) is 0.673. The molecule has 2 aromatic carbocycles. The van der Waals surface area contributed by atoms with Gasteiger partial charge in [0.25, 0.3) is 0 Å². The number of amides is 2. The molecule has 0 aromatic heterocycles. The van der Waals surface area contributed by atoms with E-state index in [2.05, 4.69) is 5.32 Å². The lowest BCUT2D eigenvalue weighted by atomic mass is 9.86. The SMILES string of the molecule is COC(=O)[C@H]1N[C@@H](c2ccccc2)[C@H]2C(=O)N(c3ccccc3)C(=O)[C@H]21. The number of rotatable bonds is 3. The Morgan fingerprint density at radius 2 is 1.50 bits per heavy atom. The number of ether oxygens (including phenoxy) is 1. The first-order valence-corrected chi connectivity index (χ1v) is 8.45. The van der Waals surface area contributed by atoms with Crippen molar-refractivity contribution >= 4 is 23.5 Å². The third kappa shape index (κ3) is 2.42. The van der Waals surface area contributed by atoms with Gasteiger partial charge in [0.05, 0.1) is 24.6 Å². The van der Waals surface area contributed by atoms with E-state index in [1.165, 1.54) is 12.0 Å². The second-order valence-electron chi connectivity index (χ2n) is 6.45. The van der Waals surface area contributed by atoms with Crippen molar-refractivity contribution in [2.24, 2.45) is 11.8 Å². The van der Waals surface area contributed by atoms with E-state index in [0.717, 1.165) is 5.56 Å². The second kappa shape index (κ2) is 6.38. The molecule has 4 rings (SSSR count). The minimum Gasteiger partial charge on any atom is -0.468 e. The first-order valence-electron chi connectivity index (χ1n) is 8.45. The fraction of sp³-hybridized carbons (Fsp3) is 0.250. The van der Waals surface area contributed by atoms with E-state index in [1.807, 2.05) is 36.4 Å². The fourth-order valence-corrected chi connectivity index (χ4v) is 3.95. The van der Waals surface area contributed by atoms with Crippen LogP contribution in [0.25, 0.3) is 0 Å². The molecule has 2 aliphatic heterocycles. The molecule has 26 heavy (non-hydrogen) atoms. The number of methoxy groups -OCH3 is 1. The molecule has 2 fully saturated rings. The number of esters is 1. The Kier molecular flexibility index (Phi) is 4.05. The van der Waals surface area contributed by atoms with Crippen molar-refractivity contribution in [3.8, 4) is 0 Å². The van der Waals surface area contributed by atoms with Crippen LogP contribution in [0.15, 0.2) is 60.7 Å². The Bertz CT molecular complexity index is 853. The van der Waals surface area contributed by atoms with Crippen LogP contribution in [0.5, 0.6) is 0 Å². The molecule has 0 saturated carbocycles. The normalized spacial score (nSPS) is 27.5. The standard InChI is InChI=1S/C20H18N2O4/c1-26-20(25)17-15-14(16(21-17)12-8-4-2-5-9-12)18(23)22(19(15)24)13-10-6-3-7-11-13/h2-11,14-17,21H,1H3/t14-,15+,16-,17-/m0/s1. The van der Waals surface area contributed by atoms with Crippen LogP contribution in [-0.4, -0.2) is 30.9 Å². The summed E-state index contributed by atoms with van der Waals surface area (Å²) in [6.07, 6.45) is 0. The average Bonchev–Trinajstić information content (AvgIpc) is 3.20. The van der Waals surface area contributed by atoms with Crippen molar-refractivity contribution in [2.75, 3.05) is 12.0 Å². The Morgan fingerprint density at radius 3 is 2.12 bits per heavy atom. The van der Waals surface area contributed by atoms with E-state index in [9.17, 15) is 14.4 Å². The fourth-order valence-electron chi connectivity index (χ4n) is 3.95. The smallest absolute Gasteiger partial charge is 0.323 e. The number of imide groups is 1. The van der Waals surface area contributed by atoms with Crippen LogP contribution in [-0.2, 0) is 19.1 Å². The van der Waals surface area contributed by atoms with Crippen molar-refractivity contribution in [3.63, 3.8) is 0 Å². The molecule has 4 atom stereocenters. The van der Waals surface area contributed by atoms with Gasteiger partial charge in [-0.05, 0) is 17.7 Å². The molecule has 2 aromatic rings. The molecule has 0 aliphatic carbocycles. The Labute approximate surface area is 150 Å². The van der Waals surface area contributed by atoms with Crippen molar-refractivity contribution in [2.45, 2.75) is 12.1 Å². The van der Waals surface area contributed by atoms with Crippen molar-refractivity contribution in [1.29, 1.82) is 0 Å². The number of hydrogen-bond donors (Lipinski definition) is 1. The number of nitrogens with zero attached hydrogens (tertiary/aromatic N) is 1. The maximum atomic E-state index is 13.2. The summed E-state index contributed by atoms with van der Waals surface area (Å²) >= 11 is 0. The summed E-state index contributed by atoms with van der Waals surface area (Å²) in [6.45, 7) is 0. The lowest BCUT2D eigenvalue weighted by molar-refractivity contribution is -0.145. The number of nitrogens with one attached hydrogen (secondary N) is 1. The molecule has 0 unspecified atom stereocenters. The van der Waals surface area contributed by atoms with Crippen molar-refractivity contribution in [3.05, 3.63) is 66.2 Å². The van der Waals surface area contributed by atoms with Crippen molar-refractivity contribution in [1.82, 2.24) is 5.32 Å². The van der Waals surface area contributed by atoms with Gasteiger partial charge in [-0.25, -0.2) is 4.90 Å². The Hall–Kier alpha value is -2.99. The average molecular weight is 350 g/mol. The molecule has 0 bridgehead atoms. The minimum absolute atomic E-state index is 0.293. The summed E-state index contributed by atoms with van der Waals surface area (Å²) in [6, 6.07) is 16.9. The summed E-state index contributed by atoms with van der Waals surface area (Å²) in [5.41, 5.74) is 1.39. The zero-order chi connectivity index (χ0) is 18.3. The molecule has 2 aliphatic rings. The number of fused-ring (bicyclic) bond motifs is 1. The third-order valence-electron chi connectivity index (χ3n) is 5.10. The number of benzene rings is 2. The van der Waals surface area contributed by atoms with Gasteiger partial charge in [-0.3, -0.25) is 19.7 Å². The van der Waals surface area contributed by atoms with Gasteiger partial charge in [-0.2, -0.15) is 0 Å². The van der Waals surface area contributed by atoms with Gasteiger partial charge in [0.2, 0.25) is 11.8 Å². The minimum atomic E-state index is -0.847. The van der Waals surface area contributed by atoms with E-state index in [4.69, 9.17) is 4.74 Å². The number of hydrogen-bond acceptors (Lipinski definition) is 5. The van der Waals surface area contributed by atoms with Gasteiger partial charge in [0.15, 0.2) is 0 Å². The van der Waals surface area contributed by atoms with Gasteiger partial charge in [0.1, 0.15) is 6.04 Å². The molecule has 6 nitrogen and oxygen atoms in total. The molecular formula is C20H18N2O4. The summed E-state index contributed by atoms with van der Waals surface area (Å²) in [5.74, 6) is -2.62. The zero-order valence-corrected chi connectivity index (χ0v) is 14.2. The molecule has 6 heteroatoms. The van der Waals surface area contributed by atoms with Crippen LogP contribution < -0.4 is 10.2 Å². The first-order chi connectivity index (χ1) is 12.6. The molecule has 0 radical (unpaired) electrons. The van der Waals surface area contributed by atoms with Crippen molar-refractivity contribution < 1.29 is 19.1 Å². The lowest BCUT2D eigenvalue weighted by Crippen LogP contribution is -2.43. The summed E-state index contributed by atoms with van der Waals surface area (Å²) in [7, 11) is 1.28. The van der Waals surface area contributed by atoms with Gasteiger partial charge in [-0.15, -0.1) is 0 Å². The van der Waals surface area contributed by atoms with E-state index in [0.29, 0.717) is 5.69 Å². The highest BCUT2D eigenvalue weighted by atomic mass is 16.5. The highest BCUT2D eigenvalue weighted by Crippen LogP contribution is 2.45. The molecule has 2 heterocycles. The Balaban J connectivity index is 1.78. The number of anilines is 1. The molecular weight excluding hydrogens is 332 g/mol. The summed E-state index contributed by atoms with van der Waals surface area (Å²) in [5, 5.41) is 3.15. The highest BCUT2D eigenvalue weighted by molar-refractivity contribution is 6.23. The van der Waals surface area contributed by atoms with Gasteiger partial charge in [0, 0.05) is 6.04 Å². The van der Waals surface area contributed by atoms with Crippen LogP contribution in [0.3, 0.4) is 0 Å². The maximum absolute atomic E-state index is 13.2. The topological polar surface area (TPSA) is 75.7 Å². The van der Waals surface area contributed by atoms with E-state index < -0.39 is 29.9 Å². The van der Waals surface area contributed by atoms with Crippen LogP contribution in [0.2, 0.25) is 0 Å². The molecule has 2 amide bonds. The van der Waals surface area contributed by atoms with Gasteiger partial charge >= 0.3 is 5.97 Å². The zero-order valence-electron chi connectivity index (χ0n) is 14.2. The Morgan fingerprint density at radius 1 is 0.923 bits per heavy atom. The van der Waals surface area contributed by atoms with Crippen LogP contribution in [0.1, 0.15) is 11.6 Å². The number of para-hydroxylation sites is 1. The summed E-state index contributed by atoms with van der Waals surface area (Å²) < 4.78 is 4.87. The molecule has 1 N–H and O–H groups in total. The van der Waals surface area contributed by atoms with Crippen LogP contribution >= 0.6 is 0 Å². The summed E-state index contributed by atoms with van der Waals surface area (Å²) in [4.78, 5) is 39.7. The molecule has 0 spiro atoms. The predicted molar refractivity (Wildman–Crippen MR) is 94.0 cm³/mol. The molecule has 2 saturated heterocycles. The number of carbonyl (C=O) groups excluding carboxylic acids is 3. The highest BCUT2D eigenvalue weighted by Gasteiger charge is 2.61. The van der Waals surface area contributed by atoms with Crippen LogP contribution in [0.4, 0.5) is 5.69 Å². The monoisotopic (exact) mass is 350 g/mol. The van der Waals surface area contributed by atoms with E-state index in [1.54, 1.807) is 24.3 Å². The lowest BCUT2D eigenvalue weighted by Gasteiger charge is -2.21. The van der Waals surface area contributed by atoms with Gasteiger partial charge in [-0.1, -0.05) is 48.5 Å². The maximum Gasteiger partial charge on any atom is 0.323 e. The van der Waals surface area contributed by atoms with Crippen LogP contribution in [0, 0.1) is 11.8 Å². The number of carbonyl (C=O) groups is 3. The molecule has 132 valence electrons. The predicted octanol–water partition coefficient (Wildman–Crippen LogP) is 1.68. The largest absolute Gasteiger partial charge is 0.468 e. The van der Waals surface area contributed by atoms with E-state index in [-0.39, 0.29) is 11.8 Å². The van der Waals surface area contributed by atoms with Gasteiger partial charge < -0.3 is 4.74 Å².